The van der Waals surface area contributed by atoms with Gasteiger partial charge in [0.1, 0.15) is 6.61 Å². The number of anilines is 1. The predicted octanol–water partition coefficient (Wildman–Crippen LogP) is 4.03. The molecule has 0 bridgehead atoms. The van der Waals surface area contributed by atoms with Crippen molar-refractivity contribution in [2.24, 2.45) is 5.73 Å². The molecule has 6 nitrogen and oxygen atoms in total. The number of carbonyl (C=O) groups is 1. The molecule has 0 unspecified atom stereocenters. The molecule has 3 aromatic carbocycles. The Morgan fingerprint density at radius 2 is 1.74 bits per heavy atom. The fourth-order valence-electron chi connectivity index (χ4n) is 3.18. The van der Waals surface area contributed by atoms with E-state index >= 15 is 0 Å². The van der Waals surface area contributed by atoms with Gasteiger partial charge in [-0.05, 0) is 41.0 Å². The van der Waals surface area contributed by atoms with Crippen molar-refractivity contribution in [3.05, 3.63) is 72.0 Å². The van der Waals surface area contributed by atoms with Crippen LogP contribution in [-0.4, -0.2) is 33.3 Å². The third-order valence-electron chi connectivity index (χ3n) is 4.60. The number of halogens is 1. The Hall–Kier alpha value is -3.58. The zero-order valence-corrected chi connectivity index (χ0v) is 17.5. The minimum atomic E-state index is -0.553. The Bertz CT molecular complexity index is 1040. The number of hydrogen-bond acceptors (Lipinski definition) is 5. The lowest BCUT2D eigenvalue weighted by Gasteiger charge is -2.14. The smallest absolute Gasteiger partial charge is 0.228 e. The van der Waals surface area contributed by atoms with Crippen molar-refractivity contribution in [3.63, 3.8) is 0 Å². The maximum Gasteiger partial charge on any atom is 0.228 e. The number of amides is 1. The van der Waals surface area contributed by atoms with E-state index in [0.29, 0.717) is 35.8 Å². The molecule has 0 aromatic heterocycles. The lowest BCUT2D eigenvalue weighted by molar-refractivity contribution is -0.115. The fourth-order valence-corrected chi connectivity index (χ4v) is 3.18. The van der Waals surface area contributed by atoms with Crippen LogP contribution in [0.2, 0.25) is 0 Å². The van der Waals surface area contributed by atoms with E-state index < -0.39 is 5.82 Å². The van der Waals surface area contributed by atoms with Crippen molar-refractivity contribution < 1.29 is 23.4 Å². The van der Waals surface area contributed by atoms with E-state index in [1.807, 2.05) is 30.3 Å². The summed E-state index contributed by atoms with van der Waals surface area (Å²) in [7, 11) is 2.89. The Morgan fingerprint density at radius 1 is 0.968 bits per heavy atom. The molecule has 7 heteroatoms. The summed E-state index contributed by atoms with van der Waals surface area (Å²) in [6.45, 7) is 0.743. The van der Waals surface area contributed by atoms with E-state index in [9.17, 15) is 9.18 Å². The highest BCUT2D eigenvalue weighted by Crippen LogP contribution is 2.34. The largest absolute Gasteiger partial charge is 0.493 e. The van der Waals surface area contributed by atoms with Gasteiger partial charge in [0.15, 0.2) is 23.1 Å². The van der Waals surface area contributed by atoms with Gasteiger partial charge in [0, 0.05) is 6.54 Å². The van der Waals surface area contributed by atoms with Crippen molar-refractivity contribution in [1.82, 2.24) is 0 Å². The Balaban J connectivity index is 1.80. The molecular weight excluding hydrogens is 399 g/mol. The number of ether oxygens (including phenoxy) is 3. The van der Waals surface area contributed by atoms with Crippen molar-refractivity contribution in [1.29, 1.82) is 0 Å². The van der Waals surface area contributed by atoms with Crippen LogP contribution in [0.3, 0.4) is 0 Å². The lowest BCUT2D eigenvalue weighted by Crippen LogP contribution is -2.16. The molecule has 3 rings (SSSR count). The van der Waals surface area contributed by atoms with Crippen LogP contribution in [0.15, 0.2) is 60.7 Å². The molecule has 0 saturated carbocycles. The molecule has 162 valence electrons. The molecule has 3 N–H and O–H groups in total. The summed E-state index contributed by atoms with van der Waals surface area (Å²) in [6, 6.07) is 17.7. The molecule has 0 saturated heterocycles. The second-order valence-electron chi connectivity index (χ2n) is 6.75. The molecule has 0 radical (unpaired) electrons. The highest BCUT2D eigenvalue weighted by Gasteiger charge is 2.16. The molecule has 0 aliphatic heterocycles. The number of nitrogens with one attached hydrogen (secondary N) is 1. The van der Waals surface area contributed by atoms with Crippen molar-refractivity contribution in [3.8, 4) is 28.4 Å². The first-order chi connectivity index (χ1) is 15.0. The van der Waals surface area contributed by atoms with E-state index in [-0.39, 0.29) is 23.8 Å². The maximum absolute atomic E-state index is 14.6. The van der Waals surface area contributed by atoms with E-state index in [1.165, 1.54) is 20.3 Å². The average Bonchev–Trinajstić information content (AvgIpc) is 2.78. The van der Waals surface area contributed by atoms with Crippen molar-refractivity contribution in [2.45, 2.75) is 6.42 Å². The summed E-state index contributed by atoms with van der Waals surface area (Å²) in [6.07, 6.45) is 0.0634. The van der Waals surface area contributed by atoms with E-state index in [2.05, 4.69) is 5.32 Å². The van der Waals surface area contributed by atoms with Gasteiger partial charge in [-0.1, -0.05) is 36.4 Å². The maximum atomic E-state index is 14.6. The summed E-state index contributed by atoms with van der Waals surface area (Å²) in [5.74, 6) is 0.170. The van der Waals surface area contributed by atoms with Crippen LogP contribution >= 0.6 is 0 Å². The summed E-state index contributed by atoms with van der Waals surface area (Å²) < 4.78 is 30.6. The molecule has 0 atom stereocenters. The first kappa shape index (κ1) is 22.1. The van der Waals surface area contributed by atoms with Gasteiger partial charge in [-0.25, -0.2) is 4.39 Å². The van der Waals surface area contributed by atoms with Gasteiger partial charge in [-0.2, -0.15) is 0 Å². The van der Waals surface area contributed by atoms with Crippen LogP contribution < -0.4 is 25.3 Å². The molecule has 1 amide bonds. The van der Waals surface area contributed by atoms with Crippen LogP contribution in [-0.2, 0) is 11.2 Å². The second kappa shape index (κ2) is 10.4. The monoisotopic (exact) mass is 424 g/mol. The van der Waals surface area contributed by atoms with Crippen molar-refractivity contribution >= 4 is 11.6 Å². The Labute approximate surface area is 180 Å². The highest BCUT2D eigenvalue weighted by atomic mass is 19.1. The van der Waals surface area contributed by atoms with E-state index in [1.54, 1.807) is 24.3 Å². The topological polar surface area (TPSA) is 82.8 Å². The van der Waals surface area contributed by atoms with Crippen LogP contribution in [0.25, 0.3) is 11.1 Å². The molecule has 3 aromatic rings. The Kier molecular flexibility index (Phi) is 7.45. The molecule has 0 heterocycles. The van der Waals surface area contributed by atoms with Gasteiger partial charge >= 0.3 is 0 Å². The first-order valence-corrected chi connectivity index (χ1v) is 9.78. The molecule has 0 fully saturated rings. The standard InChI is InChI=1S/C24H25FN2O4/c1-29-22-12-16(8-9-21(22)31-11-10-26)13-23(28)27-20-15-18(14-19(25)24(20)30-2)17-6-4-3-5-7-17/h3-9,12,14-15H,10-11,13,26H2,1-2H3,(H,27,28). The molecule has 0 aliphatic rings. The SMILES string of the molecule is COc1cc(CC(=O)Nc2cc(-c3ccccc3)cc(F)c2OC)ccc1OCCN. The highest BCUT2D eigenvalue weighted by molar-refractivity contribution is 5.94. The minimum absolute atomic E-state index is 0.0175. The zero-order valence-electron chi connectivity index (χ0n) is 17.5. The summed E-state index contributed by atoms with van der Waals surface area (Å²) >= 11 is 0. The number of rotatable bonds is 9. The van der Waals surface area contributed by atoms with Gasteiger partial charge in [-0.3, -0.25) is 4.79 Å². The molecule has 0 spiro atoms. The summed E-state index contributed by atoms with van der Waals surface area (Å²) in [4.78, 5) is 12.7. The van der Waals surface area contributed by atoms with Gasteiger partial charge in [0.05, 0.1) is 26.3 Å². The first-order valence-electron chi connectivity index (χ1n) is 9.78. The Morgan fingerprint density at radius 3 is 2.42 bits per heavy atom. The van der Waals surface area contributed by atoms with Gasteiger partial charge in [0.25, 0.3) is 0 Å². The normalized spacial score (nSPS) is 10.5. The van der Waals surface area contributed by atoms with Gasteiger partial charge in [0.2, 0.25) is 5.91 Å². The summed E-state index contributed by atoms with van der Waals surface area (Å²) in [5, 5.41) is 2.75. The van der Waals surface area contributed by atoms with Crippen LogP contribution in [0, 0.1) is 5.82 Å². The average molecular weight is 424 g/mol. The number of carbonyl (C=O) groups excluding carboxylic acids is 1. The lowest BCUT2D eigenvalue weighted by atomic mass is 10.0. The second-order valence-corrected chi connectivity index (χ2v) is 6.75. The van der Waals surface area contributed by atoms with Gasteiger partial charge < -0.3 is 25.3 Å². The van der Waals surface area contributed by atoms with Crippen LogP contribution in [0.4, 0.5) is 10.1 Å². The number of nitrogens with two attached hydrogens (primary N) is 1. The molecular formula is C24H25FN2O4. The summed E-state index contributed by atoms with van der Waals surface area (Å²) in [5.41, 5.74) is 7.91. The minimum Gasteiger partial charge on any atom is -0.493 e. The van der Waals surface area contributed by atoms with Gasteiger partial charge in [-0.15, -0.1) is 0 Å². The molecule has 31 heavy (non-hydrogen) atoms. The fraction of sp³-hybridized carbons (Fsp3) is 0.208. The van der Waals surface area contributed by atoms with E-state index in [4.69, 9.17) is 19.9 Å². The van der Waals surface area contributed by atoms with E-state index in [0.717, 1.165) is 5.56 Å². The zero-order chi connectivity index (χ0) is 22.2. The van der Waals surface area contributed by atoms with Crippen LogP contribution in [0.1, 0.15) is 5.56 Å². The molecule has 0 aliphatic carbocycles. The third kappa shape index (κ3) is 5.52. The predicted molar refractivity (Wildman–Crippen MR) is 118 cm³/mol. The number of methoxy groups -OCH3 is 2. The quantitative estimate of drug-likeness (QED) is 0.542. The number of benzene rings is 3. The third-order valence-corrected chi connectivity index (χ3v) is 4.60. The van der Waals surface area contributed by atoms with Crippen LogP contribution in [0.5, 0.6) is 17.2 Å². The number of hydrogen-bond donors (Lipinski definition) is 2. The van der Waals surface area contributed by atoms with Crippen molar-refractivity contribution in [2.75, 3.05) is 32.7 Å².